The molecule has 1 spiro atoms. The number of alkyl halides is 5. The van der Waals surface area contributed by atoms with Crippen molar-refractivity contribution < 1.29 is 56.2 Å². The maximum absolute atomic E-state index is 15.4. The number of fused-ring (bicyclic) bond motifs is 4. The Morgan fingerprint density at radius 1 is 0.851 bits per heavy atom. The molecule has 1 aromatic rings. The summed E-state index contributed by atoms with van der Waals surface area (Å²) in [7, 11) is 0. The lowest BCUT2D eigenvalue weighted by Crippen LogP contribution is -2.65. The minimum Gasteiger partial charge on any atom is -0.390 e. The Bertz CT molecular complexity index is 1410. The molecule has 6 atom stereocenters. The summed E-state index contributed by atoms with van der Waals surface area (Å²) in [6.07, 6.45) is -4.97. The molecule has 0 unspecified atom stereocenters. The molecule has 3 saturated carbocycles. The van der Waals surface area contributed by atoms with Crippen molar-refractivity contribution in [1.82, 2.24) is 0 Å². The first-order valence-corrected chi connectivity index (χ1v) is 16.7. The number of halogens is 5. The lowest BCUT2D eigenvalue weighted by Gasteiger charge is -2.59. The topological polar surface area (TPSA) is 97.6 Å². The summed E-state index contributed by atoms with van der Waals surface area (Å²) >= 11 is 0. The summed E-state index contributed by atoms with van der Waals surface area (Å²) in [5, 5.41) is 34.0. The van der Waals surface area contributed by atoms with Gasteiger partial charge in [-0.05, 0) is 61.5 Å². The predicted molar refractivity (Wildman–Crippen MR) is 158 cm³/mol. The monoisotopic (exact) mass is 672 g/mol. The van der Waals surface area contributed by atoms with Gasteiger partial charge in [-0.1, -0.05) is 50.6 Å². The molecule has 0 aromatic heterocycles. The molecule has 3 N–H and O–H groups in total. The van der Waals surface area contributed by atoms with Crippen LogP contribution in [-0.4, -0.2) is 77.4 Å². The van der Waals surface area contributed by atoms with Crippen molar-refractivity contribution in [2.75, 3.05) is 33.0 Å². The third-order valence-electron chi connectivity index (χ3n) is 12.6. The highest BCUT2D eigenvalue weighted by molar-refractivity contribution is 5.45. The normalized spacial score (nSPS) is 39.4. The molecule has 12 heteroatoms. The molecule has 7 rings (SSSR count). The molecule has 4 aliphatic carbocycles. The smallest absolute Gasteiger partial charge is 0.390 e. The van der Waals surface area contributed by atoms with Crippen LogP contribution in [0.5, 0.6) is 0 Å². The van der Waals surface area contributed by atoms with Gasteiger partial charge in [0.1, 0.15) is 12.2 Å². The van der Waals surface area contributed by atoms with Crippen LogP contribution in [0.25, 0.3) is 0 Å². The van der Waals surface area contributed by atoms with Crippen LogP contribution < -0.4 is 0 Å². The zero-order chi connectivity index (χ0) is 33.9. The van der Waals surface area contributed by atoms with Gasteiger partial charge in [0.15, 0.2) is 5.79 Å². The minimum absolute atomic E-state index is 0.0170. The first-order chi connectivity index (χ1) is 21.9. The second-order valence-corrected chi connectivity index (χ2v) is 15.9. The van der Waals surface area contributed by atoms with Gasteiger partial charge in [0.2, 0.25) is 5.79 Å². The zero-order valence-corrected chi connectivity index (χ0v) is 27.1. The van der Waals surface area contributed by atoms with Gasteiger partial charge in [-0.25, -0.2) is 0 Å². The Kier molecular flexibility index (Phi) is 7.67. The Balaban J connectivity index is 1.32. The second kappa shape index (κ2) is 10.7. The quantitative estimate of drug-likeness (QED) is 0.263. The van der Waals surface area contributed by atoms with Gasteiger partial charge in [-0.3, -0.25) is 0 Å². The lowest BCUT2D eigenvalue weighted by molar-refractivity contribution is -0.362. The van der Waals surface area contributed by atoms with Crippen LogP contribution in [0.15, 0.2) is 35.4 Å². The van der Waals surface area contributed by atoms with Gasteiger partial charge >= 0.3 is 12.1 Å². The molecule has 1 aromatic carbocycles. The van der Waals surface area contributed by atoms with Gasteiger partial charge < -0.3 is 34.3 Å². The molecule has 6 aliphatic rings. The highest BCUT2D eigenvalue weighted by atomic mass is 19.4. The van der Waals surface area contributed by atoms with Crippen LogP contribution in [0.4, 0.5) is 22.0 Å². The van der Waals surface area contributed by atoms with Crippen molar-refractivity contribution in [2.24, 2.45) is 22.7 Å². The molecule has 2 aliphatic heterocycles. The molecule has 0 radical (unpaired) electrons. The number of hydrogen-bond acceptors (Lipinski definition) is 7. The van der Waals surface area contributed by atoms with Crippen molar-refractivity contribution in [1.29, 1.82) is 0 Å². The number of ether oxygens (including phenoxy) is 4. The summed E-state index contributed by atoms with van der Waals surface area (Å²) in [5.41, 5.74) is -3.67. The first-order valence-electron chi connectivity index (χ1n) is 16.7. The Hall–Kier alpha value is -1.67. The Labute approximate surface area is 271 Å². The summed E-state index contributed by atoms with van der Waals surface area (Å²) in [6, 6.07) is 6.96. The highest BCUT2D eigenvalue weighted by Gasteiger charge is 2.79. The van der Waals surface area contributed by atoms with Crippen LogP contribution in [0, 0.1) is 22.7 Å². The van der Waals surface area contributed by atoms with E-state index < -0.39 is 71.1 Å². The third-order valence-corrected chi connectivity index (χ3v) is 12.6. The molecule has 5 fully saturated rings. The third kappa shape index (κ3) is 4.82. The van der Waals surface area contributed by atoms with E-state index in [0.717, 1.165) is 11.1 Å². The van der Waals surface area contributed by atoms with E-state index in [1.807, 2.05) is 13.8 Å². The van der Waals surface area contributed by atoms with E-state index >= 15 is 8.78 Å². The number of aliphatic hydroxyl groups is 3. The number of benzene rings is 1. The van der Waals surface area contributed by atoms with E-state index in [2.05, 4.69) is 0 Å². The van der Waals surface area contributed by atoms with E-state index in [9.17, 15) is 28.5 Å². The maximum atomic E-state index is 15.4. The average Bonchev–Trinajstić information content (AvgIpc) is 3.61. The number of rotatable bonds is 4. The highest BCUT2D eigenvalue weighted by Crippen LogP contribution is 2.71. The van der Waals surface area contributed by atoms with Crippen molar-refractivity contribution >= 4 is 0 Å². The van der Waals surface area contributed by atoms with E-state index in [-0.39, 0.29) is 31.1 Å². The van der Waals surface area contributed by atoms with Gasteiger partial charge in [0.05, 0.1) is 32.0 Å². The van der Waals surface area contributed by atoms with E-state index in [0.29, 0.717) is 56.8 Å². The molecular formula is C35H45F5O7. The van der Waals surface area contributed by atoms with Crippen LogP contribution >= 0.6 is 0 Å². The average molecular weight is 673 g/mol. The molecule has 2 saturated heterocycles. The molecule has 262 valence electrons. The fourth-order valence-electron chi connectivity index (χ4n) is 10.1. The fourth-order valence-corrected chi connectivity index (χ4v) is 10.1. The minimum atomic E-state index is -5.92. The molecule has 47 heavy (non-hydrogen) atoms. The van der Waals surface area contributed by atoms with Gasteiger partial charge in [0, 0.05) is 35.2 Å². The van der Waals surface area contributed by atoms with Gasteiger partial charge in [-0.2, -0.15) is 22.0 Å². The largest absolute Gasteiger partial charge is 0.456 e. The van der Waals surface area contributed by atoms with Crippen molar-refractivity contribution in [3.63, 3.8) is 0 Å². The van der Waals surface area contributed by atoms with Crippen LogP contribution in [-0.2, 0) is 24.7 Å². The van der Waals surface area contributed by atoms with E-state index in [1.165, 1.54) is 6.92 Å². The van der Waals surface area contributed by atoms with Crippen LogP contribution in [0.3, 0.4) is 0 Å². The van der Waals surface area contributed by atoms with Crippen molar-refractivity contribution in [3.8, 4) is 0 Å². The molecule has 2 heterocycles. The van der Waals surface area contributed by atoms with Crippen LogP contribution in [0.1, 0.15) is 89.2 Å². The Morgan fingerprint density at radius 3 is 2.09 bits per heavy atom. The first kappa shape index (κ1) is 33.8. The molecule has 7 nitrogen and oxygen atoms in total. The number of aliphatic hydroxyl groups excluding tert-OH is 1. The fraction of sp³-hybridized carbons (Fsp3) is 0.771. The summed E-state index contributed by atoms with van der Waals surface area (Å²) < 4.78 is 96.6. The predicted octanol–water partition coefficient (Wildman–Crippen LogP) is 6.10. The van der Waals surface area contributed by atoms with Gasteiger partial charge in [0.25, 0.3) is 0 Å². The standard InChI is InChI=1S/C35H45F5O7/c1-28(2)19-46-31(47-20-28)12-9-26-27-23(8-11-30(26,42)17-31)25-10-13-33(43,34(36,37)35(38,39)40)29(25,3)16-24(27)21-4-6-22(7-5-21)32(18-41)44-14-15-45-32/h4-7,23-25,41-43H,8-20H2,1-3H3/t23-,24+,25-,29-,30+,33-/m0/s1. The lowest BCUT2D eigenvalue weighted by atomic mass is 9.49. The van der Waals surface area contributed by atoms with Gasteiger partial charge in [-0.15, -0.1) is 0 Å². The van der Waals surface area contributed by atoms with Crippen LogP contribution in [0.2, 0.25) is 0 Å². The molecular weight excluding hydrogens is 627 g/mol. The Morgan fingerprint density at radius 2 is 1.49 bits per heavy atom. The van der Waals surface area contributed by atoms with E-state index in [4.69, 9.17) is 18.9 Å². The zero-order valence-electron chi connectivity index (χ0n) is 27.1. The number of allylic oxidation sites excluding steroid dienone is 1. The summed E-state index contributed by atoms with van der Waals surface area (Å²) in [6.45, 7) is 6.59. The maximum Gasteiger partial charge on any atom is 0.456 e. The summed E-state index contributed by atoms with van der Waals surface area (Å²) in [5.74, 6) is -9.31. The van der Waals surface area contributed by atoms with E-state index in [1.54, 1.807) is 24.3 Å². The molecule has 0 bridgehead atoms. The van der Waals surface area contributed by atoms with Crippen molar-refractivity contribution in [3.05, 3.63) is 46.5 Å². The van der Waals surface area contributed by atoms with Crippen molar-refractivity contribution in [2.45, 2.75) is 113 Å². The second-order valence-electron chi connectivity index (χ2n) is 15.9. The molecule has 0 amide bonds. The summed E-state index contributed by atoms with van der Waals surface area (Å²) in [4.78, 5) is 0. The number of hydrogen-bond donors (Lipinski definition) is 3. The SMILES string of the molecule is CC1(C)COC2(CCC3=C4[C@@H](CC[C@@]3(O)C2)[C@@H]2CC[C@@](O)(C(F)(F)C(F)(F)F)[C@@]2(C)C[C@@H]4c2ccc(C3(CO)OCCO3)cc2)OC1.